The zero-order chi connectivity index (χ0) is 17.1. The number of nitrogens with zero attached hydrogens (tertiary/aromatic N) is 1. The van der Waals surface area contributed by atoms with E-state index in [-0.39, 0.29) is 0 Å². The third kappa shape index (κ3) is 1.79. The van der Waals surface area contributed by atoms with E-state index >= 15 is 0 Å². The zero-order valence-electron chi connectivity index (χ0n) is 14.2. The van der Waals surface area contributed by atoms with Crippen molar-refractivity contribution in [2.45, 2.75) is 6.42 Å². The highest BCUT2D eigenvalue weighted by molar-refractivity contribution is 6.11. The van der Waals surface area contributed by atoms with Crippen molar-refractivity contribution in [1.82, 2.24) is 9.97 Å². The molecule has 2 heteroatoms. The number of aromatic amines is 1. The SMILES string of the molecule is c1ccc2c(c1)Cc1c-2cccc1-c1nccc2c1[nH]c1ccccc12. The van der Waals surface area contributed by atoms with Gasteiger partial charge >= 0.3 is 0 Å². The van der Waals surface area contributed by atoms with E-state index in [0.717, 1.165) is 23.1 Å². The van der Waals surface area contributed by atoms with Gasteiger partial charge in [-0.2, -0.15) is 0 Å². The van der Waals surface area contributed by atoms with Crippen LogP contribution in [0.3, 0.4) is 0 Å². The van der Waals surface area contributed by atoms with Crippen molar-refractivity contribution in [1.29, 1.82) is 0 Å². The minimum atomic E-state index is 0.972. The molecule has 2 nitrogen and oxygen atoms in total. The van der Waals surface area contributed by atoms with Crippen LogP contribution in [0.25, 0.3) is 44.2 Å². The molecule has 3 aromatic carbocycles. The summed E-state index contributed by atoms with van der Waals surface area (Å²) in [6, 6.07) is 25.9. The number of aromatic nitrogens is 2. The highest BCUT2D eigenvalue weighted by atomic mass is 14.8. The summed E-state index contributed by atoms with van der Waals surface area (Å²) in [5.74, 6) is 0. The molecule has 2 heterocycles. The fourth-order valence-electron chi connectivity index (χ4n) is 4.36. The average Bonchev–Trinajstić information content (AvgIpc) is 3.26. The lowest BCUT2D eigenvalue weighted by Gasteiger charge is -2.09. The monoisotopic (exact) mass is 332 g/mol. The van der Waals surface area contributed by atoms with Crippen LogP contribution in [0, 0.1) is 0 Å². The van der Waals surface area contributed by atoms with Gasteiger partial charge in [0.2, 0.25) is 0 Å². The molecule has 2 aromatic heterocycles. The molecule has 1 aliphatic rings. The Kier molecular flexibility index (Phi) is 2.69. The lowest BCUT2D eigenvalue weighted by Crippen LogP contribution is -1.91. The van der Waals surface area contributed by atoms with Crippen LogP contribution in [0.2, 0.25) is 0 Å². The molecular weight excluding hydrogens is 316 g/mol. The summed E-state index contributed by atoms with van der Waals surface area (Å²) in [7, 11) is 0. The van der Waals surface area contributed by atoms with E-state index in [2.05, 4.69) is 77.8 Å². The van der Waals surface area contributed by atoms with E-state index in [1.807, 2.05) is 6.20 Å². The van der Waals surface area contributed by atoms with Gasteiger partial charge in [-0.25, -0.2) is 0 Å². The smallest absolute Gasteiger partial charge is 0.0946 e. The van der Waals surface area contributed by atoms with Crippen LogP contribution < -0.4 is 0 Å². The van der Waals surface area contributed by atoms with E-state index in [9.17, 15) is 0 Å². The van der Waals surface area contributed by atoms with E-state index in [4.69, 9.17) is 4.98 Å². The summed E-state index contributed by atoms with van der Waals surface area (Å²) in [5.41, 5.74) is 10.0. The Morgan fingerprint density at radius 1 is 0.692 bits per heavy atom. The molecule has 6 rings (SSSR count). The van der Waals surface area contributed by atoms with Crippen molar-refractivity contribution < 1.29 is 0 Å². The van der Waals surface area contributed by atoms with Gasteiger partial charge in [-0.05, 0) is 40.8 Å². The van der Waals surface area contributed by atoms with Gasteiger partial charge in [0, 0.05) is 28.0 Å². The largest absolute Gasteiger partial charge is 0.353 e. The van der Waals surface area contributed by atoms with Gasteiger partial charge in [0.25, 0.3) is 0 Å². The summed E-state index contributed by atoms with van der Waals surface area (Å²) in [6.07, 6.45) is 2.90. The van der Waals surface area contributed by atoms with Gasteiger partial charge in [0.1, 0.15) is 0 Å². The van der Waals surface area contributed by atoms with E-state index in [1.165, 1.54) is 38.6 Å². The van der Waals surface area contributed by atoms with Gasteiger partial charge in [-0.1, -0.05) is 60.7 Å². The lowest BCUT2D eigenvalue weighted by atomic mass is 9.97. The van der Waals surface area contributed by atoms with Crippen LogP contribution >= 0.6 is 0 Å². The van der Waals surface area contributed by atoms with Crippen LogP contribution in [0.15, 0.2) is 79.0 Å². The van der Waals surface area contributed by atoms with Crippen molar-refractivity contribution in [3.05, 3.63) is 90.1 Å². The lowest BCUT2D eigenvalue weighted by molar-refractivity contribution is 1.24. The number of pyridine rings is 1. The molecule has 0 saturated heterocycles. The number of benzene rings is 3. The molecule has 0 aliphatic heterocycles. The predicted molar refractivity (Wildman–Crippen MR) is 107 cm³/mol. The Hall–Kier alpha value is -3.39. The minimum absolute atomic E-state index is 0.972. The second kappa shape index (κ2) is 5.06. The van der Waals surface area contributed by atoms with Crippen molar-refractivity contribution in [3.63, 3.8) is 0 Å². The molecule has 1 N–H and O–H groups in total. The quantitative estimate of drug-likeness (QED) is 0.396. The molecule has 5 aromatic rings. The van der Waals surface area contributed by atoms with E-state index < -0.39 is 0 Å². The second-order valence-corrected chi connectivity index (χ2v) is 6.92. The van der Waals surface area contributed by atoms with E-state index in [1.54, 1.807) is 0 Å². The molecule has 26 heavy (non-hydrogen) atoms. The van der Waals surface area contributed by atoms with Gasteiger partial charge in [-0.15, -0.1) is 0 Å². The van der Waals surface area contributed by atoms with Crippen LogP contribution in [-0.4, -0.2) is 9.97 Å². The maximum Gasteiger partial charge on any atom is 0.0946 e. The maximum absolute atomic E-state index is 4.78. The number of H-pyrrole nitrogens is 1. The second-order valence-electron chi connectivity index (χ2n) is 6.92. The third-order valence-electron chi connectivity index (χ3n) is 5.53. The first-order valence-electron chi connectivity index (χ1n) is 8.96. The number of hydrogen-bond acceptors (Lipinski definition) is 1. The van der Waals surface area contributed by atoms with Crippen molar-refractivity contribution in [2.75, 3.05) is 0 Å². The fraction of sp³-hybridized carbons (Fsp3) is 0.0417. The molecule has 0 amide bonds. The molecule has 0 unspecified atom stereocenters. The molecule has 0 atom stereocenters. The summed E-state index contributed by atoms with van der Waals surface area (Å²) in [6.45, 7) is 0. The highest BCUT2D eigenvalue weighted by Crippen LogP contribution is 2.42. The molecule has 0 bridgehead atoms. The zero-order valence-corrected chi connectivity index (χ0v) is 14.2. The molecule has 122 valence electrons. The van der Waals surface area contributed by atoms with Crippen LogP contribution in [-0.2, 0) is 6.42 Å². The average molecular weight is 332 g/mol. The molecule has 0 fully saturated rings. The minimum Gasteiger partial charge on any atom is -0.353 e. The number of hydrogen-bond donors (Lipinski definition) is 1. The van der Waals surface area contributed by atoms with Crippen molar-refractivity contribution >= 4 is 21.8 Å². The summed E-state index contributed by atoms with van der Waals surface area (Å²) in [4.78, 5) is 8.38. The van der Waals surface area contributed by atoms with Gasteiger partial charge in [0.15, 0.2) is 0 Å². The number of nitrogens with one attached hydrogen (secondary N) is 1. The van der Waals surface area contributed by atoms with Crippen molar-refractivity contribution in [2.24, 2.45) is 0 Å². The first-order chi connectivity index (χ1) is 12.9. The Bertz CT molecular complexity index is 1310. The highest BCUT2D eigenvalue weighted by Gasteiger charge is 2.22. The predicted octanol–water partition coefficient (Wildman–Crippen LogP) is 5.95. The Balaban J connectivity index is 1.66. The third-order valence-corrected chi connectivity index (χ3v) is 5.53. The normalized spacial score (nSPS) is 12.5. The summed E-state index contributed by atoms with van der Waals surface area (Å²) >= 11 is 0. The molecule has 1 aliphatic carbocycles. The number of fused-ring (bicyclic) bond motifs is 6. The Morgan fingerprint density at radius 3 is 2.50 bits per heavy atom. The molecular formula is C24H16N2. The first-order valence-corrected chi connectivity index (χ1v) is 8.96. The van der Waals surface area contributed by atoms with Gasteiger partial charge in [0.05, 0.1) is 11.2 Å². The Morgan fingerprint density at radius 2 is 1.50 bits per heavy atom. The van der Waals surface area contributed by atoms with Crippen LogP contribution in [0.4, 0.5) is 0 Å². The van der Waals surface area contributed by atoms with Crippen molar-refractivity contribution in [3.8, 4) is 22.4 Å². The van der Waals surface area contributed by atoms with Gasteiger partial charge < -0.3 is 4.98 Å². The topological polar surface area (TPSA) is 28.7 Å². The first kappa shape index (κ1) is 13.9. The molecule has 0 radical (unpaired) electrons. The standard InChI is InChI=1S/C24H16N2/c1-2-7-16-15(6-1)14-21-17(16)9-5-10-19(21)23-24-20(12-13-25-23)18-8-3-4-11-22(18)26-24/h1-13,26H,14H2. The maximum atomic E-state index is 4.78. The Labute approximate surface area is 151 Å². The molecule has 0 spiro atoms. The summed E-state index contributed by atoms with van der Waals surface area (Å²) in [5, 5.41) is 2.49. The van der Waals surface area contributed by atoms with Gasteiger partial charge in [-0.3, -0.25) is 4.98 Å². The van der Waals surface area contributed by atoms with Crippen LogP contribution in [0.1, 0.15) is 11.1 Å². The number of para-hydroxylation sites is 1. The fourth-order valence-corrected chi connectivity index (χ4v) is 4.36. The van der Waals surface area contributed by atoms with Crippen LogP contribution in [0.5, 0.6) is 0 Å². The summed E-state index contributed by atoms with van der Waals surface area (Å²) < 4.78 is 0. The number of rotatable bonds is 1. The molecule has 0 saturated carbocycles. The van der Waals surface area contributed by atoms with E-state index in [0.29, 0.717) is 0 Å².